The molecular weight excluding hydrogens is 548 g/mol. The Morgan fingerprint density at radius 3 is 2.64 bits per heavy atom. The van der Waals surface area contributed by atoms with Crippen LogP contribution in [-0.4, -0.2) is 85.1 Å². The summed E-state index contributed by atoms with van der Waals surface area (Å²) >= 11 is 1.13. The molecule has 1 aliphatic rings. The van der Waals surface area contributed by atoms with Crippen LogP contribution in [-0.2, 0) is 24.2 Å². The van der Waals surface area contributed by atoms with Gasteiger partial charge in [-0.3, -0.25) is 10.1 Å². The first-order chi connectivity index (χ1) is 18.8. The Hall–Kier alpha value is -3.17. The quantitative estimate of drug-likeness (QED) is 0.155. The van der Waals surface area contributed by atoms with Crippen molar-refractivity contribution in [3.05, 3.63) is 42.0 Å². The third-order valence-electron chi connectivity index (χ3n) is 5.91. The zero-order valence-electron chi connectivity index (χ0n) is 21.3. The van der Waals surface area contributed by atoms with Crippen LogP contribution in [0.5, 0.6) is 5.88 Å². The first-order valence-corrected chi connectivity index (χ1v) is 14.8. The number of ether oxygens (including phenoxy) is 2. The Kier molecular flexibility index (Phi) is 9.80. The van der Waals surface area contributed by atoms with E-state index in [9.17, 15) is 18.3 Å². The van der Waals surface area contributed by atoms with Gasteiger partial charge in [-0.1, -0.05) is 28.6 Å². The van der Waals surface area contributed by atoms with Crippen LogP contribution in [0.4, 0.5) is 5.13 Å². The number of pyridine rings is 1. The van der Waals surface area contributed by atoms with Gasteiger partial charge in [0, 0.05) is 31.8 Å². The van der Waals surface area contributed by atoms with Gasteiger partial charge in [0.05, 0.1) is 23.4 Å². The number of nitrogens with zero attached hydrogens (tertiary/aromatic N) is 3. The van der Waals surface area contributed by atoms with Crippen LogP contribution in [0.15, 0.2) is 46.4 Å². The standard InChI is InChI=1S/C25H30N4O8S2/c1-35-12-2-14-39(33,34)19-7-3-16(4-8-19)22(29-37-18-6-5-17(31)15-18)23(32)28-25-26-20-9-10-21(36-13-11-30)27-24(20)38-25/h3-4,7-10,17-18,30-31H,2,5-6,11-15H2,1H3,(H,26,28,32)/t17-,18-/m1/s1. The minimum atomic E-state index is -3.52. The minimum absolute atomic E-state index is 0.0624. The normalized spacial score (nSPS) is 17.9. The molecule has 2 heterocycles. The third-order valence-corrected chi connectivity index (χ3v) is 8.60. The molecule has 0 spiro atoms. The molecule has 1 aromatic carbocycles. The molecule has 0 unspecified atom stereocenters. The molecule has 3 aromatic rings. The first kappa shape index (κ1) is 28.8. The molecule has 0 aliphatic heterocycles. The molecule has 1 saturated carbocycles. The molecule has 2 atom stereocenters. The van der Waals surface area contributed by atoms with Crippen molar-refractivity contribution in [1.29, 1.82) is 0 Å². The number of oxime groups is 1. The van der Waals surface area contributed by atoms with E-state index in [1.807, 2.05) is 0 Å². The lowest BCUT2D eigenvalue weighted by Crippen LogP contribution is -2.25. The topological polar surface area (TPSA) is 170 Å². The highest BCUT2D eigenvalue weighted by atomic mass is 32.2. The number of aromatic nitrogens is 2. The molecule has 1 fully saturated rings. The van der Waals surface area contributed by atoms with Crippen molar-refractivity contribution in [3.8, 4) is 5.88 Å². The van der Waals surface area contributed by atoms with Gasteiger partial charge in [-0.15, -0.1) is 0 Å². The number of anilines is 1. The number of hydrogen-bond donors (Lipinski definition) is 3. The molecular formula is C25H30N4O8S2. The zero-order valence-corrected chi connectivity index (χ0v) is 22.9. The number of methoxy groups -OCH3 is 1. The van der Waals surface area contributed by atoms with Crippen LogP contribution >= 0.6 is 11.3 Å². The van der Waals surface area contributed by atoms with E-state index in [-0.39, 0.29) is 40.8 Å². The molecule has 1 amide bonds. The summed E-state index contributed by atoms with van der Waals surface area (Å²) in [4.78, 5) is 28.3. The van der Waals surface area contributed by atoms with Gasteiger partial charge in [0.2, 0.25) is 5.88 Å². The number of aliphatic hydroxyl groups excluding tert-OH is 2. The largest absolute Gasteiger partial charge is 0.475 e. The summed E-state index contributed by atoms with van der Waals surface area (Å²) < 4.78 is 35.5. The highest BCUT2D eigenvalue weighted by Crippen LogP contribution is 2.27. The Morgan fingerprint density at radius 2 is 1.95 bits per heavy atom. The number of hydrogen-bond acceptors (Lipinski definition) is 12. The lowest BCUT2D eigenvalue weighted by molar-refractivity contribution is -0.110. The van der Waals surface area contributed by atoms with E-state index in [4.69, 9.17) is 19.4 Å². The van der Waals surface area contributed by atoms with Crippen LogP contribution < -0.4 is 10.1 Å². The molecule has 4 rings (SSSR count). The summed E-state index contributed by atoms with van der Waals surface area (Å²) in [5.74, 6) is -0.350. The SMILES string of the molecule is COCCCS(=O)(=O)c1ccc(C(=NO[C@@H]2CC[C@@H](O)C2)C(=O)Nc2nc3ccc(OCCO)nc3s2)cc1. The summed E-state index contributed by atoms with van der Waals surface area (Å²) in [5, 5.41) is 25.8. The molecule has 39 heavy (non-hydrogen) atoms. The fourth-order valence-electron chi connectivity index (χ4n) is 3.94. The monoisotopic (exact) mass is 578 g/mol. The average Bonchev–Trinajstić information content (AvgIpc) is 3.52. The second-order valence-electron chi connectivity index (χ2n) is 8.84. The number of carbonyl (C=O) groups is 1. The number of rotatable bonds is 13. The number of sulfone groups is 1. The van der Waals surface area contributed by atoms with Crippen molar-refractivity contribution in [2.75, 3.05) is 38.0 Å². The number of thiazole rings is 1. The molecule has 0 radical (unpaired) electrons. The summed E-state index contributed by atoms with van der Waals surface area (Å²) in [6.07, 6.45) is 1.13. The van der Waals surface area contributed by atoms with Crippen LogP contribution in [0.1, 0.15) is 31.2 Å². The number of aliphatic hydroxyl groups is 2. The third kappa shape index (κ3) is 7.70. The number of nitrogens with one attached hydrogen (secondary N) is 1. The van der Waals surface area contributed by atoms with E-state index >= 15 is 0 Å². The summed E-state index contributed by atoms with van der Waals surface area (Å²) in [5.41, 5.74) is 0.823. The number of benzene rings is 1. The molecule has 12 nitrogen and oxygen atoms in total. The van der Waals surface area contributed by atoms with Crippen molar-refractivity contribution < 1.29 is 37.7 Å². The Bertz CT molecular complexity index is 1410. The van der Waals surface area contributed by atoms with E-state index in [2.05, 4.69) is 20.4 Å². The maximum Gasteiger partial charge on any atom is 0.280 e. The van der Waals surface area contributed by atoms with E-state index in [0.717, 1.165) is 11.3 Å². The Morgan fingerprint density at radius 1 is 1.15 bits per heavy atom. The highest BCUT2D eigenvalue weighted by molar-refractivity contribution is 7.91. The predicted molar refractivity (Wildman–Crippen MR) is 145 cm³/mol. The molecule has 0 bridgehead atoms. The second kappa shape index (κ2) is 13.3. The number of carbonyl (C=O) groups excluding carboxylic acids is 1. The Balaban J connectivity index is 1.55. The van der Waals surface area contributed by atoms with Crippen molar-refractivity contribution in [2.45, 2.75) is 42.8 Å². The van der Waals surface area contributed by atoms with Crippen molar-refractivity contribution in [2.24, 2.45) is 5.16 Å². The predicted octanol–water partition coefficient (Wildman–Crippen LogP) is 2.15. The maximum absolute atomic E-state index is 13.3. The molecule has 1 aliphatic carbocycles. The molecule has 210 valence electrons. The van der Waals surface area contributed by atoms with Crippen LogP contribution in [0.3, 0.4) is 0 Å². The van der Waals surface area contributed by atoms with Crippen LogP contribution in [0, 0.1) is 0 Å². The van der Waals surface area contributed by atoms with Gasteiger partial charge in [0.15, 0.2) is 20.7 Å². The Labute approximate surface area is 229 Å². The van der Waals surface area contributed by atoms with E-state index in [0.29, 0.717) is 54.1 Å². The van der Waals surface area contributed by atoms with Gasteiger partial charge in [-0.05, 0) is 37.5 Å². The van der Waals surface area contributed by atoms with E-state index < -0.39 is 21.8 Å². The molecule has 14 heteroatoms. The van der Waals surface area contributed by atoms with Crippen LogP contribution in [0.2, 0.25) is 0 Å². The van der Waals surface area contributed by atoms with Crippen molar-refractivity contribution >= 4 is 48.3 Å². The second-order valence-corrected chi connectivity index (χ2v) is 11.9. The smallest absolute Gasteiger partial charge is 0.280 e. The van der Waals surface area contributed by atoms with E-state index in [1.165, 1.54) is 31.4 Å². The molecule has 3 N–H and O–H groups in total. The highest BCUT2D eigenvalue weighted by Gasteiger charge is 2.26. The summed E-state index contributed by atoms with van der Waals surface area (Å²) in [6.45, 7) is 0.292. The summed E-state index contributed by atoms with van der Waals surface area (Å²) in [6, 6.07) is 9.16. The van der Waals surface area contributed by atoms with Gasteiger partial charge < -0.3 is 24.5 Å². The van der Waals surface area contributed by atoms with Crippen LogP contribution in [0.25, 0.3) is 10.3 Å². The fraction of sp³-hybridized carbons (Fsp3) is 0.440. The average molecular weight is 579 g/mol. The van der Waals surface area contributed by atoms with E-state index in [1.54, 1.807) is 12.1 Å². The lowest BCUT2D eigenvalue weighted by Gasteiger charge is -2.11. The van der Waals surface area contributed by atoms with Gasteiger partial charge in [-0.2, -0.15) is 0 Å². The number of fused-ring (bicyclic) bond motifs is 1. The first-order valence-electron chi connectivity index (χ1n) is 12.4. The van der Waals surface area contributed by atoms with Gasteiger partial charge >= 0.3 is 0 Å². The number of amides is 1. The van der Waals surface area contributed by atoms with Gasteiger partial charge in [0.25, 0.3) is 5.91 Å². The van der Waals surface area contributed by atoms with Gasteiger partial charge in [0.1, 0.15) is 23.1 Å². The fourth-order valence-corrected chi connectivity index (χ4v) is 6.05. The summed E-state index contributed by atoms with van der Waals surface area (Å²) in [7, 11) is -2.01. The zero-order chi connectivity index (χ0) is 27.8. The molecule has 0 saturated heterocycles. The van der Waals surface area contributed by atoms with Gasteiger partial charge in [-0.25, -0.2) is 18.4 Å². The van der Waals surface area contributed by atoms with Crippen molar-refractivity contribution in [1.82, 2.24) is 9.97 Å². The minimum Gasteiger partial charge on any atom is -0.475 e. The van der Waals surface area contributed by atoms with Crippen molar-refractivity contribution in [3.63, 3.8) is 0 Å². The lowest BCUT2D eigenvalue weighted by atomic mass is 10.1. The molecule has 2 aromatic heterocycles. The maximum atomic E-state index is 13.3.